The summed E-state index contributed by atoms with van der Waals surface area (Å²) < 4.78 is 0. The maximum Gasteiger partial charge on any atom is 0.256 e. The molecule has 0 saturated heterocycles. The van der Waals surface area contributed by atoms with Gasteiger partial charge in [-0.3, -0.25) is 4.79 Å². The van der Waals surface area contributed by atoms with E-state index < -0.39 is 5.91 Å². The van der Waals surface area contributed by atoms with Crippen molar-refractivity contribution in [2.24, 2.45) is 0 Å². The van der Waals surface area contributed by atoms with E-state index in [9.17, 15) is 9.90 Å². The molecule has 2 N–H and O–H groups in total. The average molecular weight is 298 g/mol. The Hall–Kier alpha value is -1.85. The first-order valence-electron chi connectivity index (χ1n) is 5.26. The van der Waals surface area contributed by atoms with Gasteiger partial charge in [-0.2, -0.15) is 0 Å². The smallest absolute Gasteiger partial charge is 0.256 e. The summed E-state index contributed by atoms with van der Waals surface area (Å²) in [7, 11) is 0. The summed E-state index contributed by atoms with van der Waals surface area (Å²) in [6, 6.07) is 4.49. The molecule has 0 aliphatic rings. The quantitative estimate of drug-likeness (QED) is 0.836. The third-order valence-electron chi connectivity index (χ3n) is 2.44. The molecule has 0 fully saturated rings. The lowest BCUT2D eigenvalue weighted by Gasteiger charge is -2.07. The van der Waals surface area contributed by atoms with Gasteiger partial charge in [0.1, 0.15) is 17.1 Å². The monoisotopic (exact) mass is 297 g/mol. The van der Waals surface area contributed by atoms with Crippen molar-refractivity contribution in [3.05, 3.63) is 45.8 Å². The number of aromatic nitrogens is 2. The summed E-state index contributed by atoms with van der Waals surface area (Å²) in [5.74, 6) is -0.142. The van der Waals surface area contributed by atoms with Crippen molar-refractivity contribution >= 4 is 34.9 Å². The minimum atomic E-state index is -0.403. The van der Waals surface area contributed by atoms with Crippen molar-refractivity contribution in [1.29, 1.82) is 0 Å². The first kappa shape index (κ1) is 13.6. The van der Waals surface area contributed by atoms with Crippen LogP contribution in [0.5, 0.6) is 5.75 Å². The Kier molecular flexibility index (Phi) is 3.87. The molecular weight excluding hydrogens is 289 g/mol. The summed E-state index contributed by atoms with van der Waals surface area (Å²) in [5.41, 5.74) is 0.973. The second-order valence-electron chi connectivity index (χ2n) is 3.78. The number of anilines is 1. The van der Waals surface area contributed by atoms with E-state index in [1.165, 1.54) is 18.5 Å². The number of phenolic OH excluding ortho intramolecular Hbond substituents is 1. The van der Waals surface area contributed by atoms with Crippen LogP contribution in [-0.2, 0) is 0 Å². The predicted molar refractivity (Wildman–Crippen MR) is 72.8 cm³/mol. The van der Waals surface area contributed by atoms with Gasteiger partial charge < -0.3 is 10.4 Å². The van der Waals surface area contributed by atoms with Crippen LogP contribution in [0.2, 0.25) is 10.2 Å². The molecule has 1 aromatic carbocycles. The summed E-state index contributed by atoms with van der Waals surface area (Å²) in [6.07, 6.45) is 1.20. The topological polar surface area (TPSA) is 75.1 Å². The molecule has 2 rings (SSSR count). The Labute approximate surface area is 119 Å². The van der Waals surface area contributed by atoms with Gasteiger partial charge in [0.25, 0.3) is 5.91 Å². The minimum Gasteiger partial charge on any atom is -0.508 e. The summed E-state index contributed by atoms with van der Waals surface area (Å²) in [5, 5.41) is 12.1. The Morgan fingerprint density at radius 1 is 1.32 bits per heavy atom. The number of phenols is 1. The van der Waals surface area contributed by atoms with Crippen LogP contribution in [0.15, 0.2) is 24.5 Å². The minimum absolute atomic E-state index is 0.0638. The van der Waals surface area contributed by atoms with Crippen molar-refractivity contribution < 1.29 is 9.90 Å². The SMILES string of the molecule is Cc1cc(C(=O)Nc2ncnc(Cl)c2Cl)ccc1O. The van der Waals surface area contributed by atoms with Crippen molar-refractivity contribution in [1.82, 2.24) is 9.97 Å². The molecule has 2 aromatic rings. The van der Waals surface area contributed by atoms with Crippen LogP contribution in [0.25, 0.3) is 0 Å². The van der Waals surface area contributed by atoms with Crippen molar-refractivity contribution in [2.45, 2.75) is 6.92 Å². The highest BCUT2D eigenvalue weighted by atomic mass is 35.5. The zero-order valence-corrected chi connectivity index (χ0v) is 11.3. The number of hydrogen-bond acceptors (Lipinski definition) is 4. The molecule has 1 aromatic heterocycles. The largest absolute Gasteiger partial charge is 0.508 e. The fraction of sp³-hybridized carbons (Fsp3) is 0.0833. The highest BCUT2D eigenvalue weighted by Gasteiger charge is 2.13. The van der Waals surface area contributed by atoms with E-state index in [4.69, 9.17) is 23.2 Å². The van der Waals surface area contributed by atoms with Gasteiger partial charge in [-0.1, -0.05) is 23.2 Å². The van der Waals surface area contributed by atoms with E-state index in [0.717, 1.165) is 0 Å². The zero-order chi connectivity index (χ0) is 14.0. The van der Waals surface area contributed by atoms with Gasteiger partial charge in [0.15, 0.2) is 11.0 Å². The average Bonchev–Trinajstić information content (AvgIpc) is 2.38. The number of halogens is 2. The molecule has 0 bridgehead atoms. The number of aryl methyl sites for hydroxylation is 1. The van der Waals surface area contributed by atoms with E-state index in [1.807, 2.05) is 0 Å². The van der Waals surface area contributed by atoms with Crippen LogP contribution in [0.3, 0.4) is 0 Å². The van der Waals surface area contributed by atoms with Gasteiger partial charge in [-0.15, -0.1) is 0 Å². The zero-order valence-electron chi connectivity index (χ0n) is 9.82. The summed E-state index contributed by atoms with van der Waals surface area (Å²) in [6.45, 7) is 1.70. The number of benzene rings is 1. The van der Waals surface area contributed by atoms with Gasteiger partial charge in [0.2, 0.25) is 0 Å². The standard InChI is InChI=1S/C12H9Cl2N3O2/c1-6-4-7(2-3-8(6)18)12(19)17-11-9(13)10(14)15-5-16-11/h2-5,18H,1H3,(H,15,16,17,19). The highest BCUT2D eigenvalue weighted by molar-refractivity contribution is 6.43. The Bertz CT molecular complexity index is 647. The first-order chi connectivity index (χ1) is 8.99. The number of amides is 1. The number of nitrogens with zero attached hydrogens (tertiary/aromatic N) is 2. The third kappa shape index (κ3) is 2.94. The summed E-state index contributed by atoms with van der Waals surface area (Å²) in [4.78, 5) is 19.5. The summed E-state index contributed by atoms with van der Waals surface area (Å²) >= 11 is 11.6. The second-order valence-corrected chi connectivity index (χ2v) is 4.52. The van der Waals surface area contributed by atoms with E-state index in [-0.39, 0.29) is 21.7 Å². The van der Waals surface area contributed by atoms with E-state index in [1.54, 1.807) is 13.0 Å². The Balaban J connectivity index is 2.26. The Morgan fingerprint density at radius 3 is 2.74 bits per heavy atom. The Morgan fingerprint density at radius 2 is 2.05 bits per heavy atom. The van der Waals surface area contributed by atoms with Crippen LogP contribution < -0.4 is 5.32 Å². The fourth-order valence-electron chi connectivity index (χ4n) is 1.41. The molecule has 0 atom stereocenters. The number of hydrogen-bond donors (Lipinski definition) is 2. The van der Waals surface area contributed by atoms with Crippen LogP contribution in [0.4, 0.5) is 5.82 Å². The molecule has 0 unspecified atom stereocenters. The maximum absolute atomic E-state index is 12.0. The van der Waals surface area contributed by atoms with Crippen LogP contribution >= 0.6 is 23.2 Å². The van der Waals surface area contributed by atoms with Gasteiger partial charge in [0.05, 0.1) is 0 Å². The third-order valence-corrected chi connectivity index (χ3v) is 3.18. The molecule has 5 nitrogen and oxygen atoms in total. The van der Waals surface area contributed by atoms with E-state index >= 15 is 0 Å². The molecule has 0 radical (unpaired) electrons. The molecule has 0 spiro atoms. The van der Waals surface area contributed by atoms with Crippen LogP contribution in [0, 0.1) is 6.92 Å². The molecule has 7 heteroatoms. The molecular formula is C12H9Cl2N3O2. The molecule has 98 valence electrons. The molecule has 19 heavy (non-hydrogen) atoms. The van der Waals surface area contributed by atoms with Crippen molar-refractivity contribution in [3.63, 3.8) is 0 Å². The van der Waals surface area contributed by atoms with Gasteiger partial charge in [0, 0.05) is 5.56 Å². The van der Waals surface area contributed by atoms with Crippen molar-refractivity contribution in [2.75, 3.05) is 5.32 Å². The van der Waals surface area contributed by atoms with Gasteiger partial charge in [-0.25, -0.2) is 9.97 Å². The number of aromatic hydroxyl groups is 1. The number of nitrogens with one attached hydrogen (secondary N) is 1. The van der Waals surface area contributed by atoms with E-state index in [2.05, 4.69) is 15.3 Å². The lowest BCUT2D eigenvalue weighted by atomic mass is 10.1. The van der Waals surface area contributed by atoms with Crippen LogP contribution in [-0.4, -0.2) is 21.0 Å². The van der Waals surface area contributed by atoms with E-state index in [0.29, 0.717) is 11.1 Å². The molecule has 0 aliphatic heterocycles. The second kappa shape index (κ2) is 5.42. The molecule has 1 amide bonds. The molecule has 0 aliphatic carbocycles. The first-order valence-corrected chi connectivity index (χ1v) is 6.01. The van der Waals surface area contributed by atoms with Crippen molar-refractivity contribution in [3.8, 4) is 5.75 Å². The molecule has 0 saturated carbocycles. The highest BCUT2D eigenvalue weighted by Crippen LogP contribution is 2.26. The number of rotatable bonds is 2. The predicted octanol–water partition coefficient (Wildman–Crippen LogP) is 3.05. The lowest BCUT2D eigenvalue weighted by Crippen LogP contribution is -2.13. The maximum atomic E-state index is 12.0. The fourth-order valence-corrected chi connectivity index (χ4v) is 1.69. The normalized spacial score (nSPS) is 10.3. The number of carbonyl (C=O) groups excluding carboxylic acids is 1. The van der Waals surface area contributed by atoms with Gasteiger partial charge >= 0.3 is 0 Å². The van der Waals surface area contributed by atoms with Crippen LogP contribution in [0.1, 0.15) is 15.9 Å². The number of carbonyl (C=O) groups is 1. The lowest BCUT2D eigenvalue weighted by molar-refractivity contribution is 0.102. The van der Waals surface area contributed by atoms with Gasteiger partial charge in [-0.05, 0) is 30.7 Å². The molecule has 1 heterocycles.